The third-order valence-electron chi connectivity index (χ3n) is 4.15. The summed E-state index contributed by atoms with van der Waals surface area (Å²) < 4.78 is 45.2. The van der Waals surface area contributed by atoms with Crippen molar-refractivity contribution < 1.29 is 22.7 Å². The van der Waals surface area contributed by atoms with Gasteiger partial charge >= 0.3 is 6.18 Å². The molecule has 136 valence electrons. The Bertz CT molecular complexity index is 767. The third-order valence-corrected chi connectivity index (χ3v) is 4.15. The van der Waals surface area contributed by atoms with Crippen LogP contribution in [0.3, 0.4) is 0 Å². The number of ether oxygens (including phenoxy) is 1. The molecule has 25 heavy (non-hydrogen) atoms. The number of aryl methyl sites for hydroxylation is 1. The molecule has 1 amide bonds. The Kier molecular flexibility index (Phi) is 4.96. The quantitative estimate of drug-likeness (QED) is 0.906. The number of carbonyl (C=O) groups excluding carboxylic acids is 1. The van der Waals surface area contributed by atoms with E-state index in [1.165, 1.54) is 10.5 Å². The van der Waals surface area contributed by atoms with Gasteiger partial charge in [0, 0.05) is 32.4 Å². The Morgan fingerprint density at radius 3 is 2.72 bits per heavy atom. The molecule has 0 aliphatic carbocycles. The molecule has 3 rings (SSSR count). The first-order valence-corrected chi connectivity index (χ1v) is 8.00. The summed E-state index contributed by atoms with van der Waals surface area (Å²) in [5.41, 5.74) is 0.00914. The molecule has 0 saturated carbocycles. The van der Waals surface area contributed by atoms with Gasteiger partial charge < -0.3 is 10.1 Å². The maximum Gasteiger partial charge on any atom is 0.417 e. The summed E-state index contributed by atoms with van der Waals surface area (Å²) >= 11 is 0. The molecule has 1 aliphatic rings. The predicted octanol–water partition coefficient (Wildman–Crippen LogP) is 1.72. The number of fused-ring (bicyclic) bond motifs is 1. The van der Waals surface area contributed by atoms with Crippen LogP contribution in [-0.2, 0) is 10.9 Å². The number of halogens is 3. The van der Waals surface area contributed by atoms with E-state index in [2.05, 4.69) is 15.2 Å². The van der Waals surface area contributed by atoms with Gasteiger partial charge in [0.1, 0.15) is 11.3 Å². The summed E-state index contributed by atoms with van der Waals surface area (Å²) in [6.07, 6.45) is -3.57. The Labute approximate surface area is 142 Å². The van der Waals surface area contributed by atoms with Crippen molar-refractivity contribution in [3.63, 3.8) is 0 Å². The van der Waals surface area contributed by atoms with Crippen LogP contribution < -0.4 is 5.32 Å². The van der Waals surface area contributed by atoms with Crippen molar-refractivity contribution in [3.8, 4) is 0 Å². The standard InChI is InChI=1S/C16H19F3N4O2/c1-11-14(15(24)20-4-5-22-6-8-25-9-7-22)23-10-12(16(17,18)19)2-3-13(23)21-11/h2-3,10H,4-9H2,1H3,(H,20,24). The van der Waals surface area contributed by atoms with Crippen LogP contribution in [0.4, 0.5) is 13.2 Å². The SMILES string of the molecule is Cc1nc2ccc(C(F)(F)F)cn2c1C(=O)NCCN1CCOCC1. The number of imidazole rings is 1. The number of nitrogens with one attached hydrogen (secondary N) is 1. The zero-order valence-electron chi connectivity index (χ0n) is 13.8. The molecule has 1 aliphatic heterocycles. The second kappa shape index (κ2) is 7.01. The number of aromatic nitrogens is 2. The highest BCUT2D eigenvalue weighted by molar-refractivity contribution is 5.94. The van der Waals surface area contributed by atoms with E-state index in [0.29, 0.717) is 37.6 Å². The highest BCUT2D eigenvalue weighted by Gasteiger charge is 2.31. The average molecular weight is 356 g/mol. The lowest BCUT2D eigenvalue weighted by Gasteiger charge is -2.26. The highest BCUT2D eigenvalue weighted by atomic mass is 19.4. The second-order valence-electron chi connectivity index (χ2n) is 5.90. The van der Waals surface area contributed by atoms with E-state index in [1.54, 1.807) is 6.92 Å². The highest BCUT2D eigenvalue weighted by Crippen LogP contribution is 2.29. The largest absolute Gasteiger partial charge is 0.417 e. The molecule has 2 aromatic rings. The molecular weight excluding hydrogens is 337 g/mol. The van der Waals surface area contributed by atoms with Crippen LogP contribution in [0.2, 0.25) is 0 Å². The predicted molar refractivity (Wildman–Crippen MR) is 84.5 cm³/mol. The topological polar surface area (TPSA) is 58.9 Å². The first-order valence-electron chi connectivity index (χ1n) is 8.00. The van der Waals surface area contributed by atoms with Crippen molar-refractivity contribution in [1.29, 1.82) is 0 Å². The number of carbonyl (C=O) groups is 1. The smallest absolute Gasteiger partial charge is 0.379 e. The molecular formula is C16H19F3N4O2. The van der Waals surface area contributed by atoms with Gasteiger partial charge in [-0.2, -0.15) is 13.2 Å². The first kappa shape index (κ1) is 17.7. The zero-order valence-corrected chi connectivity index (χ0v) is 13.8. The van der Waals surface area contributed by atoms with Gasteiger partial charge in [0.2, 0.25) is 0 Å². The fourth-order valence-corrected chi connectivity index (χ4v) is 2.84. The van der Waals surface area contributed by atoms with E-state index in [4.69, 9.17) is 4.74 Å². The molecule has 1 saturated heterocycles. The molecule has 1 N–H and O–H groups in total. The van der Waals surface area contributed by atoms with Crippen molar-refractivity contribution >= 4 is 11.6 Å². The minimum absolute atomic E-state index is 0.128. The Morgan fingerprint density at radius 2 is 2.04 bits per heavy atom. The summed E-state index contributed by atoms with van der Waals surface area (Å²) in [4.78, 5) is 18.8. The van der Waals surface area contributed by atoms with Gasteiger partial charge in [0.25, 0.3) is 5.91 Å². The van der Waals surface area contributed by atoms with Gasteiger partial charge in [-0.3, -0.25) is 14.1 Å². The fraction of sp³-hybridized carbons (Fsp3) is 0.500. The minimum atomic E-state index is -4.48. The summed E-state index contributed by atoms with van der Waals surface area (Å²) in [7, 11) is 0. The van der Waals surface area contributed by atoms with E-state index in [-0.39, 0.29) is 5.69 Å². The lowest BCUT2D eigenvalue weighted by Crippen LogP contribution is -2.41. The van der Waals surface area contributed by atoms with E-state index < -0.39 is 17.6 Å². The number of alkyl halides is 3. The van der Waals surface area contributed by atoms with Crippen LogP contribution in [0.1, 0.15) is 21.7 Å². The van der Waals surface area contributed by atoms with Crippen LogP contribution in [0.25, 0.3) is 5.65 Å². The van der Waals surface area contributed by atoms with Crippen LogP contribution in [0.5, 0.6) is 0 Å². The van der Waals surface area contributed by atoms with Gasteiger partial charge in [-0.05, 0) is 19.1 Å². The van der Waals surface area contributed by atoms with E-state index in [1.807, 2.05) is 0 Å². The summed E-state index contributed by atoms with van der Waals surface area (Å²) in [5.74, 6) is -0.433. The van der Waals surface area contributed by atoms with Crippen molar-refractivity contribution in [2.24, 2.45) is 0 Å². The molecule has 2 aromatic heterocycles. The van der Waals surface area contributed by atoms with Crippen LogP contribution in [0, 0.1) is 6.92 Å². The van der Waals surface area contributed by atoms with Crippen LogP contribution in [0.15, 0.2) is 18.3 Å². The Morgan fingerprint density at radius 1 is 1.32 bits per heavy atom. The molecule has 0 spiro atoms. The monoisotopic (exact) mass is 356 g/mol. The Hall–Kier alpha value is -2.13. The number of nitrogens with zero attached hydrogens (tertiary/aromatic N) is 3. The normalized spacial score (nSPS) is 16.3. The molecule has 0 bridgehead atoms. The van der Waals surface area contributed by atoms with Crippen molar-refractivity contribution in [3.05, 3.63) is 35.3 Å². The number of hydrogen-bond acceptors (Lipinski definition) is 4. The van der Waals surface area contributed by atoms with Crippen molar-refractivity contribution in [1.82, 2.24) is 19.6 Å². The maximum atomic E-state index is 12.9. The van der Waals surface area contributed by atoms with E-state index in [9.17, 15) is 18.0 Å². The molecule has 3 heterocycles. The first-order chi connectivity index (χ1) is 11.9. The van der Waals surface area contributed by atoms with Gasteiger partial charge in [0.05, 0.1) is 24.5 Å². The molecule has 0 unspecified atom stereocenters. The lowest BCUT2D eigenvalue weighted by atomic mass is 10.2. The van der Waals surface area contributed by atoms with Crippen molar-refractivity contribution in [2.45, 2.75) is 13.1 Å². The van der Waals surface area contributed by atoms with Gasteiger partial charge in [-0.1, -0.05) is 0 Å². The van der Waals surface area contributed by atoms with Gasteiger partial charge in [-0.15, -0.1) is 0 Å². The fourth-order valence-electron chi connectivity index (χ4n) is 2.84. The number of pyridine rings is 1. The zero-order chi connectivity index (χ0) is 18.0. The lowest BCUT2D eigenvalue weighted by molar-refractivity contribution is -0.137. The molecule has 0 radical (unpaired) electrons. The number of morpholine rings is 1. The molecule has 0 atom stereocenters. The van der Waals surface area contributed by atoms with Gasteiger partial charge in [-0.25, -0.2) is 4.98 Å². The van der Waals surface area contributed by atoms with E-state index in [0.717, 1.165) is 25.4 Å². The third kappa shape index (κ3) is 3.93. The maximum absolute atomic E-state index is 12.9. The summed E-state index contributed by atoms with van der Waals surface area (Å²) in [6, 6.07) is 2.22. The summed E-state index contributed by atoms with van der Waals surface area (Å²) in [6.45, 7) is 5.63. The number of rotatable bonds is 4. The molecule has 0 aromatic carbocycles. The average Bonchev–Trinajstić information content (AvgIpc) is 2.90. The molecule has 6 nitrogen and oxygen atoms in total. The van der Waals surface area contributed by atoms with Crippen LogP contribution in [-0.4, -0.2) is 59.6 Å². The Balaban J connectivity index is 1.74. The minimum Gasteiger partial charge on any atom is -0.379 e. The van der Waals surface area contributed by atoms with Gasteiger partial charge in [0.15, 0.2) is 0 Å². The van der Waals surface area contributed by atoms with Crippen LogP contribution >= 0.6 is 0 Å². The molecule has 9 heteroatoms. The second-order valence-corrected chi connectivity index (χ2v) is 5.90. The summed E-state index contributed by atoms with van der Waals surface area (Å²) in [5, 5.41) is 2.76. The number of amides is 1. The molecule has 1 fully saturated rings. The number of hydrogen-bond donors (Lipinski definition) is 1. The van der Waals surface area contributed by atoms with E-state index >= 15 is 0 Å². The van der Waals surface area contributed by atoms with Crippen molar-refractivity contribution in [2.75, 3.05) is 39.4 Å².